The van der Waals surface area contributed by atoms with Crippen LogP contribution in [0.4, 0.5) is 0 Å². The van der Waals surface area contributed by atoms with Crippen LogP contribution in [-0.2, 0) is 4.79 Å². The van der Waals surface area contributed by atoms with E-state index in [1.807, 2.05) is 11.8 Å². The third kappa shape index (κ3) is 3.68. The summed E-state index contributed by atoms with van der Waals surface area (Å²) in [6, 6.07) is 0. The second-order valence-electron chi connectivity index (χ2n) is 4.13. The molecule has 0 unspecified atom stereocenters. The van der Waals surface area contributed by atoms with Crippen LogP contribution >= 0.6 is 11.8 Å². The zero-order valence-electron chi connectivity index (χ0n) is 9.42. The lowest BCUT2D eigenvalue weighted by atomic mass is 9.92. The van der Waals surface area contributed by atoms with E-state index in [1.54, 1.807) is 0 Å². The van der Waals surface area contributed by atoms with Crippen molar-refractivity contribution >= 4 is 17.7 Å². The van der Waals surface area contributed by atoms with Crippen LogP contribution in [0.5, 0.6) is 0 Å². The molecule has 1 rings (SSSR count). The Kier molecular flexibility index (Phi) is 5.47. The van der Waals surface area contributed by atoms with Gasteiger partial charge in [-0.3, -0.25) is 4.79 Å². The number of rotatable bonds is 6. The number of unbranched alkanes of at least 4 members (excludes halogenated alkanes) is 2. The van der Waals surface area contributed by atoms with E-state index in [-0.39, 0.29) is 0 Å². The quantitative estimate of drug-likeness (QED) is 0.687. The number of aliphatic carboxylic acids is 1. The van der Waals surface area contributed by atoms with Crippen LogP contribution in [0.3, 0.4) is 0 Å². The normalized spacial score (nSPS) is 20.1. The van der Waals surface area contributed by atoms with Crippen molar-refractivity contribution in [3.8, 4) is 0 Å². The summed E-state index contributed by atoms with van der Waals surface area (Å²) in [7, 11) is 0. The first-order valence-electron chi connectivity index (χ1n) is 5.77. The van der Waals surface area contributed by atoms with Gasteiger partial charge in [-0.25, -0.2) is 0 Å². The molecule has 0 saturated carbocycles. The SMILES string of the molecule is CCCCCNC1(C(=O)O)CCSCC1. The van der Waals surface area contributed by atoms with Crippen LogP contribution in [0.15, 0.2) is 0 Å². The van der Waals surface area contributed by atoms with E-state index in [0.29, 0.717) is 0 Å². The summed E-state index contributed by atoms with van der Waals surface area (Å²) < 4.78 is 0. The van der Waals surface area contributed by atoms with Crippen molar-refractivity contribution in [3.63, 3.8) is 0 Å². The molecule has 0 spiro atoms. The summed E-state index contributed by atoms with van der Waals surface area (Å²) in [5.41, 5.74) is -0.626. The molecule has 0 bridgehead atoms. The molecule has 0 aromatic rings. The van der Waals surface area contributed by atoms with Gasteiger partial charge in [0.25, 0.3) is 0 Å². The molecule has 3 nitrogen and oxygen atoms in total. The Hall–Kier alpha value is -0.220. The van der Waals surface area contributed by atoms with Crippen molar-refractivity contribution in [2.45, 2.75) is 44.6 Å². The Morgan fingerprint density at radius 1 is 1.40 bits per heavy atom. The minimum Gasteiger partial charge on any atom is -0.480 e. The number of hydrogen-bond donors (Lipinski definition) is 2. The summed E-state index contributed by atoms with van der Waals surface area (Å²) >= 11 is 1.85. The first kappa shape index (κ1) is 12.8. The van der Waals surface area contributed by atoms with E-state index < -0.39 is 11.5 Å². The molecule has 0 amide bonds. The highest BCUT2D eigenvalue weighted by molar-refractivity contribution is 7.99. The van der Waals surface area contributed by atoms with Gasteiger partial charge in [0.05, 0.1) is 0 Å². The molecule has 0 aliphatic carbocycles. The third-order valence-electron chi connectivity index (χ3n) is 3.00. The van der Waals surface area contributed by atoms with Gasteiger partial charge in [0.1, 0.15) is 5.54 Å². The maximum atomic E-state index is 11.3. The molecule has 1 saturated heterocycles. The topological polar surface area (TPSA) is 49.3 Å². The number of nitrogens with one attached hydrogen (secondary N) is 1. The highest BCUT2D eigenvalue weighted by Crippen LogP contribution is 2.27. The maximum Gasteiger partial charge on any atom is 0.323 e. The molecule has 15 heavy (non-hydrogen) atoms. The standard InChI is InChI=1S/C11H21NO2S/c1-2-3-4-7-12-11(10(13)14)5-8-15-9-6-11/h12H,2-9H2,1H3,(H,13,14). The zero-order valence-corrected chi connectivity index (χ0v) is 10.2. The summed E-state index contributed by atoms with van der Waals surface area (Å²) in [6.45, 7) is 3.00. The number of carboxylic acids is 1. The van der Waals surface area contributed by atoms with Gasteiger partial charge in [0, 0.05) is 0 Å². The molecule has 0 radical (unpaired) electrons. The molecule has 4 heteroatoms. The van der Waals surface area contributed by atoms with Gasteiger partial charge in [-0.2, -0.15) is 11.8 Å². The summed E-state index contributed by atoms with van der Waals surface area (Å²) in [5, 5.41) is 12.5. The lowest BCUT2D eigenvalue weighted by Gasteiger charge is -2.33. The lowest BCUT2D eigenvalue weighted by Crippen LogP contribution is -2.54. The molecule has 88 valence electrons. The van der Waals surface area contributed by atoms with Gasteiger partial charge in [-0.05, 0) is 37.3 Å². The average Bonchev–Trinajstić information content (AvgIpc) is 2.26. The Balaban J connectivity index is 2.39. The fraction of sp³-hybridized carbons (Fsp3) is 0.909. The highest BCUT2D eigenvalue weighted by atomic mass is 32.2. The van der Waals surface area contributed by atoms with E-state index >= 15 is 0 Å². The molecule has 0 atom stereocenters. The molecule has 2 N–H and O–H groups in total. The molecule has 1 aliphatic heterocycles. The minimum atomic E-state index is -0.667. The van der Waals surface area contributed by atoms with Crippen LogP contribution in [0, 0.1) is 0 Å². The first-order chi connectivity index (χ1) is 7.21. The fourth-order valence-electron chi connectivity index (χ4n) is 1.89. The predicted octanol–water partition coefficient (Wildman–Crippen LogP) is 2.12. The monoisotopic (exact) mass is 231 g/mol. The van der Waals surface area contributed by atoms with Crippen LogP contribution in [0.25, 0.3) is 0 Å². The van der Waals surface area contributed by atoms with Gasteiger partial charge >= 0.3 is 5.97 Å². The first-order valence-corrected chi connectivity index (χ1v) is 6.93. The third-order valence-corrected chi connectivity index (χ3v) is 3.99. The Labute approximate surface area is 96.0 Å². The van der Waals surface area contributed by atoms with Crippen molar-refractivity contribution in [2.75, 3.05) is 18.1 Å². The molecule has 0 aromatic heterocycles. The Bertz CT molecular complexity index is 203. The van der Waals surface area contributed by atoms with Gasteiger partial charge < -0.3 is 10.4 Å². The molecule has 0 aromatic carbocycles. The minimum absolute atomic E-state index is 0.626. The highest BCUT2D eigenvalue weighted by Gasteiger charge is 2.38. The molecular formula is C11H21NO2S. The van der Waals surface area contributed by atoms with Gasteiger partial charge in [0.2, 0.25) is 0 Å². The number of hydrogen-bond acceptors (Lipinski definition) is 3. The number of carbonyl (C=O) groups is 1. The van der Waals surface area contributed by atoms with E-state index in [1.165, 1.54) is 12.8 Å². The zero-order chi connectivity index (χ0) is 11.1. The van der Waals surface area contributed by atoms with Crippen molar-refractivity contribution in [1.82, 2.24) is 5.32 Å². The van der Waals surface area contributed by atoms with E-state index in [9.17, 15) is 9.90 Å². The predicted molar refractivity (Wildman–Crippen MR) is 64.5 cm³/mol. The van der Waals surface area contributed by atoms with E-state index in [2.05, 4.69) is 12.2 Å². The largest absolute Gasteiger partial charge is 0.480 e. The van der Waals surface area contributed by atoms with Crippen LogP contribution < -0.4 is 5.32 Å². The maximum absolute atomic E-state index is 11.3. The van der Waals surface area contributed by atoms with Crippen molar-refractivity contribution in [1.29, 1.82) is 0 Å². The molecular weight excluding hydrogens is 210 g/mol. The fourth-order valence-corrected chi connectivity index (χ4v) is 3.08. The average molecular weight is 231 g/mol. The summed E-state index contributed by atoms with van der Waals surface area (Å²) in [6.07, 6.45) is 4.96. The molecule has 1 heterocycles. The Morgan fingerprint density at radius 2 is 2.07 bits per heavy atom. The summed E-state index contributed by atoms with van der Waals surface area (Å²) in [5.74, 6) is 1.26. The van der Waals surface area contributed by atoms with Gasteiger partial charge in [-0.1, -0.05) is 19.8 Å². The van der Waals surface area contributed by atoms with Crippen molar-refractivity contribution in [2.24, 2.45) is 0 Å². The second kappa shape index (κ2) is 6.38. The number of thioether (sulfide) groups is 1. The van der Waals surface area contributed by atoms with Crippen LogP contribution in [0.2, 0.25) is 0 Å². The van der Waals surface area contributed by atoms with Crippen LogP contribution in [0.1, 0.15) is 39.0 Å². The van der Waals surface area contributed by atoms with Crippen molar-refractivity contribution in [3.05, 3.63) is 0 Å². The molecule has 1 aliphatic rings. The number of carboxylic acid groups (broad SMARTS) is 1. The van der Waals surface area contributed by atoms with Gasteiger partial charge in [0.15, 0.2) is 0 Å². The van der Waals surface area contributed by atoms with Crippen molar-refractivity contribution < 1.29 is 9.90 Å². The molecule has 1 fully saturated rings. The van der Waals surface area contributed by atoms with Crippen LogP contribution in [-0.4, -0.2) is 34.7 Å². The van der Waals surface area contributed by atoms with Gasteiger partial charge in [-0.15, -0.1) is 0 Å². The Morgan fingerprint density at radius 3 is 2.60 bits per heavy atom. The smallest absolute Gasteiger partial charge is 0.323 e. The summed E-state index contributed by atoms with van der Waals surface area (Å²) in [4.78, 5) is 11.3. The second-order valence-corrected chi connectivity index (χ2v) is 5.36. The lowest BCUT2D eigenvalue weighted by molar-refractivity contribution is -0.145. The van der Waals surface area contributed by atoms with E-state index in [0.717, 1.165) is 37.3 Å². The van der Waals surface area contributed by atoms with E-state index in [4.69, 9.17) is 0 Å².